The average Bonchev–Trinajstić information content (AvgIpc) is 2.54. The number of carbonyl (C=O) groups excluding carboxylic acids is 2. The molecule has 0 saturated heterocycles. The minimum atomic E-state index is -0.205. The fraction of sp³-hybridized carbons (Fsp3) is 0.158. The molecule has 0 saturated carbocycles. The number of carbonyl (C=O) groups is 2. The predicted molar refractivity (Wildman–Crippen MR) is 96.8 cm³/mol. The number of hydrogen-bond acceptors (Lipinski definition) is 2. The van der Waals surface area contributed by atoms with Gasteiger partial charge < -0.3 is 4.90 Å². The molecule has 0 aliphatic rings. The zero-order valence-corrected chi connectivity index (χ0v) is 14.7. The van der Waals surface area contributed by atoms with E-state index in [1.807, 2.05) is 38.1 Å². The Labute approximate surface area is 144 Å². The number of anilines is 1. The van der Waals surface area contributed by atoms with Gasteiger partial charge in [-0.05, 0) is 61.9 Å². The fourth-order valence-corrected chi connectivity index (χ4v) is 2.47. The highest BCUT2D eigenvalue weighted by Gasteiger charge is 2.11. The second kappa shape index (κ2) is 7.88. The number of hydrogen-bond donors (Lipinski definition) is 0. The number of rotatable bonds is 5. The van der Waals surface area contributed by atoms with Gasteiger partial charge in [0, 0.05) is 28.3 Å². The van der Waals surface area contributed by atoms with Crippen LogP contribution in [0.1, 0.15) is 22.8 Å². The molecule has 0 radical (unpaired) electrons. The summed E-state index contributed by atoms with van der Waals surface area (Å²) in [4.78, 5) is 26.1. The van der Waals surface area contributed by atoms with Gasteiger partial charge in [0.2, 0.25) is 0 Å². The number of aryl methyl sites for hydroxylation is 1. The van der Waals surface area contributed by atoms with Crippen LogP contribution in [0.3, 0.4) is 0 Å². The predicted octanol–water partition coefficient (Wildman–Crippen LogP) is 4.55. The number of nitrogens with zero attached hydrogens (tertiary/aromatic N) is 1. The van der Waals surface area contributed by atoms with Crippen LogP contribution in [0.15, 0.2) is 65.2 Å². The first-order valence-corrected chi connectivity index (χ1v) is 8.16. The van der Waals surface area contributed by atoms with Crippen molar-refractivity contribution in [2.24, 2.45) is 0 Å². The van der Waals surface area contributed by atoms with E-state index in [4.69, 9.17) is 0 Å². The summed E-state index contributed by atoms with van der Waals surface area (Å²) in [6.45, 7) is 4.43. The zero-order chi connectivity index (χ0) is 16.8. The van der Waals surface area contributed by atoms with Crippen molar-refractivity contribution in [2.75, 3.05) is 11.4 Å². The van der Waals surface area contributed by atoms with Crippen LogP contribution in [0.25, 0.3) is 0 Å². The van der Waals surface area contributed by atoms with E-state index in [9.17, 15) is 9.59 Å². The van der Waals surface area contributed by atoms with Gasteiger partial charge in [0.1, 0.15) is 0 Å². The molecule has 0 atom stereocenters. The first-order valence-electron chi connectivity index (χ1n) is 7.37. The average molecular weight is 372 g/mol. The number of likely N-dealkylation sites (N-methyl/N-ethyl adjacent to an activating group) is 1. The van der Waals surface area contributed by atoms with Crippen LogP contribution in [0.5, 0.6) is 0 Å². The lowest BCUT2D eigenvalue weighted by molar-refractivity contribution is -0.114. The molecular formula is C19H18BrNO2. The third-order valence-corrected chi connectivity index (χ3v) is 3.93. The van der Waals surface area contributed by atoms with E-state index in [0.717, 1.165) is 15.7 Å². The fourth-order valence-electron chi connectivity index (χ4n) is 2.21. The molecule has 118 valence electrons. The zero-order valence-electron chi connectivity index (χ0n) is 13.1. The topological polar surface area (TPSA) is 37.4 Å². The molecule has 2 rings (SSSR count). The van der Waals surface area contributed by atoms with Crippen molar-refractivity contribution >= 4 is 33.3 Å². The number of benzene rings is 2. The molecule has 0 aromatic heterocycles. The van der Waals surface area contributed by atoms with E-state index >= 15 is 0 Å². The van der Waals surface area contributed by atoms with Crippen molar-refractivity contribution in [3.63, 3.8) is 0 Å². The maximum Gasteiger partial charge on any atom is 0.251 e. The highest BCUT2D eigenvalue weighted by molar-refractivity contribution is 9.10. The summed E-state index contributed by atoms with van der Waals surface area (Å²) in [6, 6.07) is 14.8. The number of allylic oxidation sites excluding steroid dienone is 1. The molecule has 4 heteroatoms. The largest absolute Gasteiger partial charge is 0.309 e. The molecule has 0 aliphatic heterocycles. The summed E-state index contributed by atoms with van der Waals surface area (Å²) in [7, 11) is 0. The van der Waals surface area contributed by atoms with Gasteiger partial charge in [-0.3, -0.25) is 9.59 Å². The molecule has 0 aliphatic carbocycles. The molecule has 1 amide bonds. The van der Waals surface area contributed by atoms with Gasteiger partial charge in [0.15, 0.2) is 5.78 Å². The Hall–Kier alpha value is -2.20. The Morgan fingerprint density at radius 2 is 1.78 bits per heavy atom. The molecule has 0 fully saturated rings. The van der Waals surface area contributed by atoms with Crippen LogP contribution in [0, 0.1) is 6.92 Å². The van der Waals surface area contributed by atoms with Crippen molar-refractivity contribution in [3.05, 3.63) is 76.3 Å². The van der Waals surface area contributed by atoms with Gasteiger partial charge in [-0.25, -0.2) is 0 Å². The van der Waals surface area contributed by atoms with Crippen LogP contribution >= 0.6 is 15.9 Å². The summed E-state index contributed by atoms with van der Waals surface area (Å²) in [5.41, 5.74) is 2.47. The summed E-state index contributed by atoms with van der Waals surface area (Å²) >= 11 is 3.33. The smallest absolute Gasteiger partial charge is 0.251 e. The van der Waals surface area contributed by atoms with Gasteiger partial charge in [-0.1, -0.05) is 28.1 Å². The summed E-state index contributed by atoms with van der Waals surface area (Å²) in [6.07, 6.45) is 2.65. The second-order valence-corrected chi connectivity index (χ2v) is 6.04. The van der Waals surface area contributed by atoms with Crippen molar-refractivity contribution in [1.82, 2.24) is 0 Å². The minimum absolute atomic E-state index is 0.189. The standard InChI is InChI=1S/C19H18BrNO2/c1-3-21(17-6-4-5-14(2)13-17)19(23)12-11-18(22)15-7-9-16(20)10-8-15/h4-13H,3H2,1-2H3/b12-11+. The Kier molecular flexibility index (Phi) is 5.88. The Balaban J connectivity index is 2.12. The monoisotopic (exact) mass is 371 g/mol. The van der Waals surface area contributed by atoms with E-state index in [1.54, 1.807) is 29.2 Å². The molecule has 0 bridgehead atoms. The van der Waals surface area contributed by atoms with Crippen molar-refractivity contribution in [2.45, 2.75) is 13.8 Å². The molecular weight excluding hydrogens is 354 g/mol. The SMILES string of the molecule is CCN(C(=O)/C=C/C(=O)c1ccc(Br)cc1)c1cccc(C)c1. The van der Waals surface area contributed by atoms with E-state index in [2.05, 4.69) is 15.9 Å². The molecule has 2 aromatic rings. The lowest BCUT2D eigenvalue weighted by atomic mass is 10.1. The minimum Gasteiger partial charge on any atom is -0.309 e. The molecule has 3 nitrogen and oxygen atoms in total. The Bertz CT molecular complexity index is 735. The van der Waals surface area contributed by atoms with E-state index in [1.165, 1.54) is 12.2 Å². The van der Waals surface area contributed by atoms with Crippen LogP contribution in [-0.4, -0.2) is 18.2 Å². The quantitative estimate of drug-likeness (QED) is 0.571. The van der Waals surface area contributed by atoms with Crippen LogP contribution in [0.4, 0.5) is 5.69 Å². The summed E-state index contributed by atoms with van der Waals surface area (Å²) in [5.74, 6) is -0.394. The van der Waals surface area contributed by atoms with Crippen LogP contribution < -0.4 is 4.90 Å². The molecule has 0 spiro atoms. The van der Waals surface area contributed by atoms with Crippen LogP contribution in [-0.2, 0) is 4.79 Å². The molecule has 0 heterocycles. The van der Waals surface area contributed by atoms with Gasteiger partial charge in [0.05, 0.1) is 0 Å². The first-order chi connectivity index (χ1) is 11.0. The molecule has 23 heavy (non-hydrogen) atoms. The number of ketones is 1. The maximum absolute atomic E-state index is 12.4. The van der Waals surface area contributed by atoms with Crippen LogP contribution in [0.2, 0.25) is 0 Å². The lowest BCUT2D eigenvalue weighted by Gasteiger charge is -2.19. The highest BCUT2D eigenvalue weighted by atomic mass is 79.9. The maximum atomic E-state index is 12.4. The lowest BCUT2D eigenvalue weighted by Crippen LogP contribution is -2.29. The third-order valence-electron chi connectivity index (χ3n) is 3.40. The number of halogens is 1. The van der Waals surface area contributed by atoms with Crippen molar-refractivity contribution in [3.8, 4) is 0 Å². The van der Waals surface area contributed by atoms with Crippen molar-refractivity contribution < 1.29 is 9.59 Å². The van der Waals surface area contributed by atoms with Gasteiger partial charge in [-0.15, -0.1) is 0 Å². The van der Waals surface area contributed by atoms with E-state index in [-0.39, 0.29) is 11.7 Å². The number of amides is 1. The highest BCUT2D eigenvalue weighted by Crippen LogP contribution is 2.16. The van der Waals surface area contributed by atoms with Crippen molar-refractivity contribution in [1.29, 1.82) is 0 Å². The Morgan fingerprint density at radius 1 is 1.09 bits per heavy atom. The molecule has 0 N–H and O–H groups in total. The van der Waals surface area contributed by atoms with Gasteiger partial charge in [-0.2, -0.15) is 0 Å². The molecule has 2 aromatic carbocycles. The molecule has 0 unspecified atom stereocenters. The van der Waals surface area contributed by atoms with Gasteiger partial charge >= 0.3 is 0 Å². The van der Waals surface area contributed by atoms with E-state index in [0.29, 0.717) is 12.1 Å². The first kappa shape index (κ1) is 17.2. The second-order valence-electron chi connectivity index (χ2n) is 5.13. The summed E-state index contributed by atoms with van der Waals surface area (Å²) < 4.78 is 0.908. The van der Waals surface area contributed by atoms with E-state index < -0.39 is 0 Å². The third kappa shape index (κ3) is 4.63. The van der Waals surface area contributed by atoms with Gasteiger partial charge in [0.25, 0.3) is 5.91 Å². The normalized spacial score (nSPS) is 10.7. The summed E-state index contributed by atoms with van der Waals surface area (Å²) in [5, 5.41) is 0. The Morgan fingerprint density at radius 3 is 2.39 bits per heavy atom.